The minimum atomic E-state index is -3.66. The molecule has 0 saturated carbocycles. The van der Waals surface area contributed by atoms with Crippen molar-refractivity contribution in [1.29, 1.82) is 0 Å². The lowest BCUT2D eigenvalue weighted by atomic mass is 9.93. The van der Waals surface area contributed by atoms with Crippen molar-refractivity contribution in [2.75, 3.05) is 38.9 Å². The van der Waals surface area contributed by atoms with Crippen LogP contribution in [-0.2, 0) is 46.3 Å². The maximum Gasteiger partial charge on any atom is 0.348 e. The standard InChI is InChI=1S/C7H14O10P2S2/c1-20(8,9)16-18-12-3-7(4-13-18)5-14-19(15-6-7)17-21(2,10)11/h3-6H2,1-2H3. The summed E-state index contributed by atoms with van der Waals surface area (Å²) in [7, 11) is -11.3. The fourth-order valence-corrected chi connectivity index (χ4v) is 5.51. The van der Waals surface area contributed by atoms with Crippen molar-refractivity contribution in [3.63, 3.8) is 0 Å². The largest absolute Gasteiger partial charge is 0.348 e. The normalized spacial score (nSPS) is 35.0. The molecule has 0 aromatic rings. The van der Waals surface area contributed by atoms with Gasteiger partial charge in [-0.1, -0.05) is 0 Å². The molecule has 21 heavy (non-hydrogen) atoms. The lowest BCUT2D eigenvalue weighted by Crippen LogP contribution is -2.45. The topological polar surface area (TPSA) is 124 Å². The van der Waals surface area contributed by atoms with E-state index < -0.39 is 42.9 Å². The second-order valence-corrected chi connectivity index (χ2v) is 10.5. The number of rotatable bonds is 4. The van der Waals surface area contributed by atoms with Crippen molar-refractivity contribution in [1.82, 2.24) is 0 Å². The molecule has 0 bridgehead atoms. The third-order valence-electron chi connectivity index (χ3n) is 2.30. The molecular formula is C7H14O10P2S2. The summed E-state index contributed by atoms with van der Waals surface area (Å²) in [5.41, 5.74) is -0.639. The molecule has 0 amide bonds. The van der Waals surface area contributed by atoms with E-state index in [4.69, 9.17) is 18.1 Å². The zero-order valence-electron chi connectivity index (χ0n) is 11.1. The summed E-state index contributed by atoms with van der Waals surface area (Å²) >= 11 is 0. The molecule has 2 aliphatic heterocycles. The summed E-state index contributed by atoms with van der Waals surface area (Å²) in [5.74, 6) is 0. The maximum absolute atomic E-state index is 11.0. The molecule has 0 aromatic carbocycles. The van der Waals surface area contributed by atoms with E-state index in [0.29, 0.717) is 0 Å². The molecule has 1 spiro atoms. The lowest BCUT2D eigenvalue weighted by Gasteiger charge is -2.41. The van der Waals surface area contributed by atoms with Gasteiger partial charge in [0.05, 0.1) is 44.4 Å². The highest BCUT2D eigenvalue weighted by Gasteiger charge is 2.45. The van der Waals surface area contributed by atoms with Gasteiger partial charge in [0.25, 0.3) is 20.2 Å². The molecule has 2 fully saturated rings. The zero-order chi connectivity index (χ0) is 15.7. The Hall–Kier alpha value is 0.520. The summed E-state index contributed by atoms with van der Waals surface area (Å²) < 4.78 is 73.9. The number of hydrogen-bond donors (Lipinski definition) is 0. The van der Waals surface area contributed by atoms with E-state index in [0.717, 1.165) is 12.5 Å². The van der Waals surface area contributed by atoms with Crippen LogP contribution in [0.3, 0.4) is 0 Å². The van der Waals surface area contributed by atoms with Crippen LogP contribution in [0.4, 0.5) is 0 Å². The summed E-state index contributed by atoms with van der Waals surface area (Å²) in [6.07, 6.45) is 1.80. The summed E-state index contributed by atoms with van der Waals surface area (Å²) in [4.78, 5) is 0. The van der Waals surface area contributed by atoms with E-state index in [-0.39, 0.29) is 26.4 Å². The molecule has 0 unspecified atom stereocenters. The predicted octanol–water partition coefficient (Wildman–Crippen LogP) is 0.473. The van der Waals surface area contributed by atoms with Gasteiger partial charge in [0, 0.05) is 0 Å². The van der Waals surface area contributed by atoms with Gasteiger partial charge in [-0.15, -0.1) is 0 Å². The maximum atomic E-state index is 11.0. The molecule has 2 heterocycles. The van der Waals surface area contributed by atoms with Crippen molar-refractivity contribution in [2.45, 2.75) is 0 Å². The molecule has 14 heteroatoms. The molecule has 10 nitrogen and oxygen atoms in total. The minimum absolute atomic E-state index is 0.107. The van der Waals surface area contributed by atoms with Crippen LogP contribution in [0.5, 0.6) is 0 Å². The summed E-state index contributed by atoms with van der Waals surface area (Å²) in [6, 6.07) is 0. The first kappa shape index (κ1) is 17.9. The molecule has 0 N–H and O–H groups in total. The molecular weight excluding hydrogens is 370 g/mol. The Morgan fingerprint density at radius 1 is 0.762 bits per heavy atom. The molecule has 2 saturated heterocycles. The minimum Gasteiger partial charge on any atom is -0.311 e. The van der Waals surface area contributed by atoms with Gasteiger partial charge in [0.2, 0.25) is 0 Å². The van der Waals surface area contributed by atoms with Gasteiger partial charge in [-0.2, -0.15) is 24.8 Å². The molecule has 124 valence electrons. The zero-order valence-corrected chi connectivity index (χ0v) is 14.5. The lowest BCUT2D eigenvalue weighted by molar-refractivity contribution is -0.0666. The van der Waals surface area contributed by atoms with E-state index in [2.05, 4.69) is 7.94 Å². The van der Waals surface area contributed by atoms with Gasteiger partial charge >= 0.3 is 17.2 Å². The first-order chi connectivity index (χ1) is 9.57. The second kappa shape index (κ2) is 6.56. The average Bonchev–Trinajstić information content (AvgIpc) is 2.32. The van der Waals surface area contributed by atoms with E-state index in [1.165, 1.54) is 0 Å². The molecule has 2 rings (SSSR count). The fourth-order valence-electron chi connectivity index (χ4n) is 1.39. The van der Waals surface area contributed by atoms with Gasteiger partial charge in [0.1, 0.15) is 0 Å². The molecule has 0 radical (unpaired) electrons. The van der Waals surface area contributed by atoms with Crippen LogP contribution in [0, 0.1) is 5.41 Å². The van der Waals surface area contributed by atoms with Gasteiger partial charge < -0.3 is 18.1 Å². The van der Waals surface area contributed by atoms with Crippen molar-refractivity contribution in [3.8, 4) is 0 Å². The van der Waals surface area contributed by atoms with E-state index in [1.54, 1.807) is 0 Å². The van der Waals surface area contributed by atoms with Crippen LogP contribution in [0.25, 0.3) is 0 Å². The van der Waals surface area contributed by atoms with E-state index in [1.807, 2.05) is 0 Å². The molecule has 0 aromatic heterocycles. The highest BCUT2D eigenvalue weighted by Crippen LogP contribution is 2.53. The van der Waals surface area contributed by atoms with Crippen molar-refractivity contribution >= 4 is 37.4 Å². The van der Waals surface area contributed by atoms with Crippen LogP contribution >= 0.6 is 17.2 Å². The third-order valence-corrected chi connectivity index (χ3v) is 6.80. The quantitative estimate of drug-likeness (QED) is 0.632. The van der Waals surface area contributed by atoms with Crippen molar-refractivity contribution in [3.05, 3.63) is 0 Å². The van der Waals surface area contributed by atoms with E-state index in [9.17, 15) is 16.8 Å². The molecule has 0 aliphatic carbocycles. The summed E-state index contributed by atoms with van der Waals surface area (Å²) in [5, 5.41) is 0. The van der Waals surface area contributed by atoms with Gasteiger partial charge in [-0.25, -0.2) is 0 Å². The third kappa shape index (κ3) is 5.91. The Bertz CT molecular complexity index is 503. The van der Waals surface area contributed by atoms with Crippen LogP contribution in [0.2, 0.25) is 0 Å². The summed E-state index contributed by atoms with van der Waals surface area (Å²) in [6.45, 7) is 0.430. The average molecular weight is 384 g/mol. The Balaban J connectivity index is 1.83. The first-order valence-electron chi connectivity index (χ1n) is 5.48. The molecule has 2 aliphatic rings. The van der Waals surface area contributed by atoms with Gasteiger partial charge in [-0.05, 0) is 0 Å². The smallest absolute Gasteiger partial charge is 0.311 e. The Kier molecular flexibility index (Phi) is 5.58. The predicted molar refractivity (Wildman–Crippen MR) is 71.9 cm³/mol. The van der Waals surface area contributed by atoms with Crippen LogP contribution < -0.4 is 0 Å². The van der Waals surface area contributed by atoms with E-state index >= 15 is 0 Å². The second-order valence-electron chi connectivity index (χ2n) is 4.60. The number of hydrogen-bond acceptors (Lipinski definition) is 10. The first-order valence-corrected chi connectivity index (χ1v) is 11.3. The Morgan fingerprint density at radius 2 is 1.05 bits per heavy atom. The van der Waals surface area contributed by atoms with Gasteiger partial charge in [-0.3, -0.25) is 0 Å². The molecule has 0 atom stereocenters. The van der Waals surface area contributed by atoms with Crippen LogP contribution in [0.15, 0.2) is 0 Å². The Morgan fingerprint density at radius 3 is 1.29 bits per heavy atom. The van der Waals surface area contributed by atoms with Crippen LogP contribution in [0.1, 0.15) is 0 Å². The Labute approximate surface area is 125 Å². The SMILES string of the molecule is CS(=O)(=O)OP1OCC2(CO1)COP(OS(C)(=O)=O)OC2. The highest BCUT2D eigenvalue weighted by molar-refractivity contribution is 7.89. The van der Waals surface area contributed by atoms with Crippen LogP contribution in [-0.4, -0.2) is 55.8 Å². The van der Waals surface area contributed by atoms with Gasteiger partial charge in [0.15, 0.2) is 0 Å². The van der Waals surface area contributed by atoms with Crippen molar-refractivity contribution in [2.24, 2.45) is 5.41 Å². The monoisotopic (exact) mass is 384 g/mol. The highest BCUT2D eigenvalue weighted by atomic mass is 32.2. The van der Waals surface area contributed by atoms with Crippen molar-refractivity contribution < 1.29 is 42.9 Å². The fraction of sp³-hybridized carbons (Fsp3) is 1.00.